The first-order chi connectivity index (χ1) is 19.4. The third-order valence-electron chi connectivity index (χ3n) is 7.46. The van der Waals surface area contributed by atoms with Crippen molar-refractivity contribution in [2.24, 2.45) is 5.41 Å². The molecule has 0 radical (unpaired) electrons. The van der Waals surface area contributed by atoms with E-state index in [2.05, 4.69) is 33.6 Å². The number of hydrogen-bond acceptors (Lipinski definition) is 10. The number of likely N-dealkylation sites (N-methyl/N-ethyl adjacent to an activating group) is 1. The normalized spacial score (nSPS) is 15.4. The summed E-state index contributed by atoms with van der Waals surface area (Å²) < 4.78 is 29.5. The third-order valence-corrected chi connectivity index (χ3v) is 7.46. The Kier molecular flexibility index (Phi) is 18.3. The number of hydroxylamine groups is 2. The summed E-state index contributed by atoms with van der Waals surface area (Å²) in [5.41, 5.74) is -1.46. The van der Waals surface area contributed by atoms with Crippen LogP contribution in [0.15, 0.2) is 38.0 Å². The SMILES string of the molecule is C=CC(=O)OCCC(C)OC(C)CC(COC(C)(C)C(C)(C)CCOC(=O)C=C)OC(C)(C)CCON(C)C(O)C=C. The van der Waals surface area contributed by atoms with Crippen molar-refractivity contribution in [3.8, 4) is 0 Å². The Bertz CT molecular complexity index is 840. The van der Waals surface area contributed by atoms with E-state index in [4.69, 9.17) is 28.5 Å². The number of ether oxygens (including phenoxy) is 5. The van der Waals surface area contributed by atoms with E-state index in [-0.39, 0.29) is 36.9 Å². The second-order valence-electron chi connectivity index (χ2n) is 12.3. The standard InChI is InChI=1S/C32H57NO9/c1-13-27(34)33(12)40-21-18-31(8,9)42-26(22-25(5)41-24(4)16-19-37-28(35)14-2)23-39-32(10,11)30(6,7)17-20-38-29(36)15-3/h13-15,24-27,34H,1-3,16-23H2,4-12H3. The molecule has 4 atom stereocenters. The van der Waals surface area contributed by atoms with Gasteiger partial charge in [-0.15, -0.1) is 0 Å². The Morgan fingerprint density at radius 1 is 0.881 bits per heavy atom. The molecule has 1 N–H and O–H groups in total. The van der Waals surface area contributed by atoms with Crippen molar-refractivity contribution in [1.29, 1.82) is 0 Å². The molecule has 0 aliphatic heterocycles. The van der Waals surface area contributed by atoms with Gasteiger partial charge in [0.15, 0.2) is 0 Å². The van der Waals surface area contributed by atoms with Crippen molar-refractivity contribution in [2.75, 3.05) is 33.5 Å². The zero-order valence-corrected chi connectivity index (χ0v) is 27.5. The third kappa shape index (κ3) is 16.5. The minimum Gasteiger partial charge on any atom is -0.463 e. The zero-order valence-electron chi connectivity index (χ0n) is 27.5. The van der Waals surface area contributed by atoms with Crippen LogP contribution in [-0.2, 0) is 38.1 Å². The lowest BCUT2D eigenvalue weighted by molar-refractivity contribution is -0.219. The Hall–Kier alpha value is -2.08. The quantitative estimate of drug-likeness (QED) is 0.0525. The lowest BCUT2D eigenvalue weighted by atomic mass is 9.74. The summed E-state index contributed by atoms with van der Waals surface area (Å²) in [5, 5.41) is 11.2. The first kappa shape index (κ1) is 39.9. The van der Waals surface area contributed by atoms with Crippen LogP contribution >= 0.6 is 0 Å². The molecule has 244 valence electrons. The molecule has 0 bridgehead atoms. The van der Waals surface area contributed by atoms with Crippen LogP contribution in [0.4, 0.5) is 0 Å². The number of rotatable bonds is 24. The lowest BCUT2D eigenvalue weighted by Gasteiger charge is -2.43. The van der Waals surface area contributed by atoms with E-state index in [9.17, 15) is 14.7 Å². The molecule has 10 heteroatoms. The second kappa shape index (κ2) is 19.2. The van der Waals surface area contributed by atoms with Crippen molar-refractivity contribution in [2.45, 2.75) is 117 Å². The van der Waals surface area contributed by atoms with E-state index in [0.29, 0.717) is 38.9 Å². The van der Waals surface area contributed by atoms with E-state index in [1.165, 1.54) is 11.1 Å². The molecule has 0 aromatic heterocycles. The van der Waals surface area contributed by atoms with Crippen LogP contribution in [0.1, 0.15) is 81.1 Å². The van der Waals surface area contributed by atoms with Crippen LogP contribution in [0.2, 0.25) is 0 Å². The molecule has 0 amide bonds. The summed E-state index contributed by atoms with van der Waals surface area (Å²) in [6, 6.07) is 0. The van der Waals surface area contributed by atoms with Crippen LogP contribution in [0, 0.1) is 5.41 Å². The number of esters is 2. The fourth-order valence-corrected chi connectivity index (χ4v) is 3.86. The molecule has 0 aromatic carbocycles. The van der Waals surface area contributed by atoms with Gasteiger partial charge in [-0.05, 0) is 59.5 Å². The molecule has 10 nitrogen and oxygen atoms in total. The van der Waals surface area contributed by atoms with Gasteiger partial charge in [-0.1, -0.05) is 33.6 Å². The minimum atomic E-state index is -0.902. The fourth-order valence-electron chi connectivity index (χ4n) is 3.86. The molecule has 0 spiro atoms. The van der Waals surface area contributed by atoms with E-state index in [0.717, 1.165) is 12.2 Å². The summed E-state index contributed by atoms with van der Waals surface area (Å²) in [4.78, 5) is 28.4. The molecular formula is C32H57NO9. The number of carbonyl (C=O) groups is 2. The number of aliphatic hydroxyl groups is 1. The summed E-state index contributed by atoms with van der Waals surface area (Å²) in [7, 11) is 1.64. The van der Waals surface area contributed by atoms with Crippen molar-refractivity contribution in [3.63, 3.8) is 0 Å². The summed E-state index contributed by atoms with van der Waals surface area (Å²) in [6.45, 7) is 27.6. The maximum absolute atomic E-state index is 11.5. The number of aliphatic hydroxyl groups excluding tert-OH is 1. The smallest absolute Gasteiger partial charge is 0.330 e. The maximum Gasteiger partial charge on any atom is 0.330 e. The van der Waals surface area contributed by atoms with E-state index in [1.807, 2.05) is 41.5 Å². The molecular weight excluding hydrogens is 542 g/mol. The zero-order chi connectivity index (χ0) is 32.6. The molecule has 0 aromatic rings. The van der Waals surface area contributed by atoms with Gasteiger partial charge >= 0.3 is 11.9 Å². The number of carbonyl (C=O) groups excluding carboxylic acids is 2. The van der Waals surface area contributed by atoms with Gasteiger partial charge in [0.05, 0.1) is 55.9 Å². The van der Waals surface area contributed by atoms with E-state index in [1.54, 1.807) is 7.05 Å². The van der Waals surface area contributed by atoms with Gasteiger partial charge in [0, 0.05) is 38.5 Å². The molecule has 0 saturated heterocycles. The summed E-state index contributed by atoms with van der Waals surface area (Å²) >= 11 is 0. The van der Waals surface area contributed by atoms with Gasteiger partial charge in [-0.2, -0.15) is 5.06 Å². The number of hydrogen-bond donors (Lipinski definition) is 1. The van der Waals surface area contributed by atoms with Crippen LogP contribution in [0.3, 0.4) is 0 Å². The average Bonchev–Trinajstić information content (AvgIpc) is 2.90. The second-order valence-corrected chi connectivity index (χ2v) is 12.3. The molecule has 0 rings (SSSR count). The summed E-state index contributed by atoms with van der Waals surface area (Å²) in [6.07, 6.45) is 4.42. The van der Waals surface area contributed by atoms with Gasteiger partial charge < -0.3 is 28.8 Å². The van der Waals surface area contributed by atoms with Crippen LogP contribution in [0.5, 0.6) is 0 Å². The van der Waals surface area contributed by atoms with Gasteiger partial charge in [0.1, 0.15) is 6.23 Å². The van der Waals surface area contributed by atoms with Gasteiger partial charge in [0.25, 0.3) is 0 Å². The van der Waals surface area contributed by atoms with E-state index < -0.39 is 29.4 Å². The highest BCUT2D eigenvalue weighted by molar-refractivity contribution is 5.81. The maximum atomic E-state index is 11.5. The van der Waals surface area contributed by atoms with Crippen LogP contribution in [-0.4, -0.2) is 91.3 Å². The minimum absolute atomic E-state index is 0.138. The van der Waals surface area contributed by atoms with Crippen LogP contribution < -0.4 is 0 Å². The van der Waals surface area contributed by atoms with Crippen molar-refractivity contribution in [1.82, 2.24) is 5.06 Å². The molecule has 0 saturated carbocycles. The Balaban J connectivity index is 5.39. The number of nitrogens with zero attached hydrogens (tertiary/aromatic N) is 1. The van der Waals surface area contributed by atoms with E-state index >= 15 is 0 Å². The highest BCUT2D eigenvalue weighted by Crippen LogP contribution is 2.37. The van der Waals surface area contributed by atoms with Crippen LogP contribution in [0.25, 0.3) is 0 Å². The Morgan fingerprint density at radius 2 is 1.45 bits per heavy atom. The topological polar surface area (TPSA) is 113 Å². The predicted octanol–water partition coefficient (Wildman–Crippen LogP) is 5.15. The highest BCUT2D eigenvalue weighted by atomic mass is 16.7. The van der Waals surface area contributed by atoms with Crippen molar-refractivity contribution in [3.05, 3.63) is 38.0 Å². The Labute approximate surface area is 253 Å². The monoisotopic (exact) mass is 599 g/mol. The largest absolute Gasteiger partial charge is 0.463 e. The summed E-state index contributed by atoms with van der Waals surface area (Å²) in [5.74, 6) is -0.904. The fraction of sp³-hybridized carbons (Fsp3) is 0.750. The highest BCUT2D eigenvalue weighted by Gasteiger charge is 2.39. The molecule has 0 aliphatic rings. The van der Waals surface area contributed by atoms with Gasteiger partial charge in [0.2, 0.25) is 0 Å². The van der Waals surface area contributed by atoms with Crippen molar-refractivity contribution >= 4 is 11.9 Å². The Morgan fingerprint density at radius 3 is 2.00 bits per heavy atom. The van der Waals surface area contributed by atoms with Crippen molar-refractivity contribution < 1.29 is 43.2 Å². The molecule has 42 heavy (non-hydrogen) atoms. The first-order valence-corrected chi connectivity index (χ1v) is 14.6. The predicted molar refractivity (Wildman–Crippen MR) is 163 cm³/mol. The average molecular weight is 600 g/mol. The molecule has 4 unspecified atom stereocenters. The molecule has 0 fully saturated rings. The van der Waals surface area contributed by atoms with Gasteiger partial charge in [-0.3, -0.25) is 4.84 Å². The first-order valence-electron chi connectivity index (χ1n) is 14.6. The van der Waals surface area contributed by atoms with Gasteiger partial charge in [-0.25, -0.2) is 9.59 Å². The lowest BCUT2D eigenvalue weighted by Crippen LogP contribution is -2.45. The molecule has 0 aliphatic carbocycles. The molecule has 0 heterocycles.